The molecule has 202 valence electrons. The summed E-state index contributed by atoms with van der Waals surface area (Å²) in [5.41, 5.74) is 8.03. The Balaban J connectivity index is 1.19. The quantitative estimate of drug-likeness (QED) is 0.281. The van der Waals surface area contributed by atoms with Gasteiger partial charge < -0.3 is 5.32 Å². The summed E-state index contributed by atoms with van der Waals surface area (Å²) in [6.07, 6.45) is 3.44. The van der Waals surface area contributed by atoms with Gasteiger partial charge in [-0.3, -0.25) is 14.4 Å². The molecule has 0 saturated heterocycles. The van der Waals surface area contributed by atoms with E-state index in [2.05, 4.69) is 75.2 Å². The number of aliphatic imine (C=N–C) groups is 1. The molecule has 10 heteroatoms. The van der Waals surface area contributed by atoms with Crippen molar-refractivity contribution < 1.29 is 4.79 Å². The number of amides is 1. The minimum absolute atomic E-state index is 0.130. The molecule has 5 heterocycles. The van der Waals surface area contributed by atoms with Crippen molar-refractivity contribution in [1.29, 1.82) is 0 Å². The average Bonchev–Trinajstić information content (AvgIpc) is 3.65. The molecular weight excluding hydrogens is 532 g/mol. The Hall–Kier alpha value is -4.96. The highest BCUT2D eigenvalue weighted by molar-refractivity contribution is 7.15. The number of hydrogen-bond donors (Lipinski definition) is 1. The van der Waals surface area contributed by atoms with Gasteiger partial charge in [0, 0.05) is 40.2 Å². The molecule has 0 bridgehead atoms. The highest BCUT2D eigenvalue weighted by Crippen LogP contribution is 2.38. The Morgan fingerprint density at radius 2 is 1.76 bits per heavy atom. The topological polar surface area (TPSA) is 102 Å². The second kappa shape index (κ2) is 9.60. The molecule has 7 rings (SSSR count). The Morgan fingerprint density at radius 3 is 2.56 bits per heavy atom. The second-order valence-corrected chi connectivity index (χ2v) is 11.3. The van der Waals surface area contributed by atoms with Crippen LogP contribution in [0.1, 0.15) is 56.7 Å². The molecule has 41 heavy (non-hydrogen) atoms. The lowest BCUT2D eigenvalue weighted by atomic mass is 9.97. The number of rotatable bonds is 4. The molecule has 1 N–H and O–H groups in total. The van der Waals surface area contributed by atoms with Crippen LogP contribution in [0.25, 0.3) is 21.8 Å². The summed E-state index contributed by atoms with van der Waals surface area (Å²) in [5.74, 6) is 1.44. The van der Waals surface area contributed by atoms with E-state index in [0.717, 1.165) is 44.6 Å². The lowest BCUT2D eigenvalue weighted by Crippen LogP contribution is -2.12. The molecule has 1 aliphatic rings. The Kier molecular flexibility index (Phi) is 5.86. The maximum atomic E-state index is 12.9. The van der Waals surface area contributed by atoms with Crippen molar-refractivity contribution >= 4 is 34.3 Å². The van der Waals surface area contributed by atoms with Gasteiger partial charge in [0.2, 0.25) is 0 Å². The number of benzene rings is 2. The van der Waals surface area contributed by atoms with Crippen LogP contribution in [-0.2, 0) is 0 Å². The second-order valence-electron chi connectivity index (χ2n) is 10.1. The van der Waals surface area contributed by atoms with Gasteiger partial charge in [-0.25, -0.2) is 9.50 Å². The number of carbonyl (C=O) groups excluding carboxylic acids is 1. The van der Waals surface area contributed by atoms with Crippen molar-refractivity contribution in [3.8, 4) is 16.1 Å². The van der Waals surface area contributed by atoms with Crippen LogP contribution in [0.2, 0.25) is 0 Å². The third kappa shape index (κ3) is 4.23. The van der Waals surface area contributed by atoms with Gasteiger partial charge in [-0.2, -0.15) is 5.10 Å². The number of carbonyl (C=O) groups is 1. The minimum atomic E-state index is -0.286. The first kappa shape index (κ1) is 25.0. The van der Waals surface area contributed by atoms with Crippen LogP contribution >= 0.6 is 11.3 Å². The molecule has 2 aromatic carbocycles. The van der Waals surface area contributed by atoms with Gasteiger partial charge in [-0.1, -0.05) is 36.4 Å². The number of thiophene rings is 1. The van der Waals surface area contributed by atoms with E-state index in [1.54, 1.807) is 40.4 Å². The highest BCUT2D eigenvalue weighted by Gasteiger charge is 2.29. The van der Waals surface area contributed by atoms with Crippen molar-refractivity contribution in [2.45, 2.75) is 33.7 Å². The van der Waals surface area contributed by atoms with Gasteiger partial charge in [-0.05, 0) is 62.6 Å². The van der Waals surface area contributed by atoms with Crippen molar-refractivity contribution in [2.75, 3.05) is 5.32 Å². The average molecular weight is 559 g/mol. The van der Waals surface area contributed by atoms with Gasteiger partial charge in [-0.15, -0.1) is 21.5 Å². The fourth-order valence-electron chi connectivity index (χ4n) is 5.21. The molecule has 0 fully saturated rings. The molecule has 0 radical (unpaired) electrons. The van der Waals surface area contributed by atoms with E-state index in [1.807, 2.05) is 31.2 Å². The normalized spacial score (nSPS) is 14.3. The van der Waals surface area contributed by atoms with Crippen molar-refractivity contribution in [1.82, 2.24) is 29.4 Å². The van der Waals surface area contributed by atoms with Gasteiger partial charge in [0.15, 0.2) is 17.2 Å². The van der Waals surface area contributed by atoms with Gasteiger partial charge >= 0.3 is 0 Å². The minimum Gasteiger partial charge on any atom is -0.321 e. The summed E-state index contributed by atoms with van der Waals surface area (Å²) in [6, 6.07) is 19.5. The summed E-state index contributed by atoms with van der Waals surface area (Å²) in [5, 5.41) is 17.2. The SMILES string of the molecule is Cc1sc2c(c1C)C(c1ccc(-c3cccc(NC(=O)c4cc5ncccn5n4)c3)cc1)=N[C@@H](C)c1nnc(C)n1-2. The van der Waals surface area contributed by atoms with Gasteiger partial charge in [0.05, 0.1) is 5.71 Å². The number of nitrogens with one attached hydrogen (secondary N) is 1. The van der Waals surface area contributed by atoms with Crippen molar-refractivity contribution in [3.63, 3.8) is 0 Å². The van der Waals surface area contributed by atoms with Crippen LogP contribution in [0.4, 0.5) is 5.69 Å². The molecule has 0 spiro atoms. The molecule has 1 aliphatic heterocycles. The molecule has 1 atom stereocenters. The fourth-order valence-corrected chi connectivity index (χ4v) is 6.43. The monoisotopic (exact) mass is 558 g/mol. The lowest BCUT2D eigenvalue weighted by molar-refractivity contribution is 0.102. The van der Waals surface area contributed by atoms with Crippen molar-refractivity contribution in [2.24, 2.45) is 4.99 Å². The van der Waals surface area contributed by atoms with Gasteiger partial charge in [0.1, 0.15) is 16.9 Å². The van der Waals surface area contributed by atoms with Crippen LogP contribution in [-0.4, -0.2) is 41.0 Å². The third-order valence-electron chi connectivity index (χ3n) is 7.43. The Bertz CT molecular complexity index is 1960. The summed E-state index contributed by atoms with van der Waals surface area (Å²) in [4.78, 5) is 23.5. The smallest absolute Gasteiger partial charge is 0.276 e. The largest absolute Gasteiger partial charge is 0.321 e. The molecule has 0 saturated carbocycles. The number of aromatic nitrogens is 6. The Labute approximate surface area is 240 Å². The maximum Gasteiger partial charge on any atom is 0.276 e. The maximum absolute atomic E-state index is 12.9. The zero-order valence-corrected chi connectivity index (χ0v) is 23.8. The molecular formula is C31H26N8OS. The first-order valence-corrected chi connectivity index (χ1v) is 14.1. The first-order chi connectivity index (χ1) is 19.9. The predicted molar refractivity (Wildman–Crippen MR) is 160 cm³/mol. The standard InChI is InChI=1S/C31H26N8OS/c1-17-19(3)41-31-27(17)28(33-18(2)29-36-35-20(4)39(29)31)22-11-9-21(10-12-22)23-7-5-8-24(15-23)34-30(40)25-16-26-32-13-6-14-38(26)37-25/h5-16,18H,1-4H3,(H,34,40)/t18-/m0/s1. The lowest BCUT2D eigenvalue weighted by Gasteiger charge is -2.11. The molecule has 0 unspecified atom stereocenters. The number of fused-ring (bicyclic) bond motifs is 4. The van der Waals surface area contributed by atoms with E-state index >= 15 is 0 Å². The Morgan fingerprint density at radius 1 is 0.951 bits per heavy atom. The molecule has 0 aliphatic carbocycles. The highest BCUT2D eigenvalue weighted by atomic mass is 32.1. The van der Waals surface area contributed by atoms with Crippen LogP contribution in [0.5, 0.6) is 0 Å². The van der Waals surface area contributed by atoms with Crippen LogP contribution in [0.15, 0.2) is 78.0 Å². The number of aryl methyl sites for hydroxylation is 2. The summed E-state index contributed by atoms with van der Waals surface area (Å²) >= 11 is 1.76. The number of anilines is 1. The zero-order chi connectivity index (χ0) is 28.2. The first-order valence-electron chi connectivity index (χ1n) is 13.3. The molecule has 9 nitrogen and oxygen atoms in total. The van der Waals surface area contributed by atoms with Crippen molar-refractivity contribution in [3.05, 3.63) is 112 Å². The van der Waals surface area contributed by atoms with Crippen LogP contribution < -0.4 is 5.32 Å². The molecule has 4 aromatic heterocycles. The van der Waals surface area contributed by atoms with E-state index < -0.39 is 0 Å². The van der Waals surface area contributed by atoms with Crippen LogP contribution in [0.3, 0.4) is 0 Å². The predicted octanol–water partition coefficient (Wildman–Crippen LogP) is 6.13. The third-order valence-corrected chi connectivity index (χ3v) is 8.63. The summed E-state index contributed by atoms with van der Waals surface area (Å²) in [7, 11) is 0. The summed E-state index contributed by atoms with van der Waals surface area (Å²) < 4.78 is 3.73. The zero-order valence-electron chi connectivity index (χ0n) is 23.0. The molecule has 1 amide bonds. The van der Waals surface area contributed by atoms with Crippen LogP contribution in [0, 0.1) is 20.8 Å². The fraction of sp³-hybridized carbons (Fsp3) is 0.161. The van der Waals surface area contributed by atoms with E-state index in [0.29, 0.717) is 17.0 Å². The van der Waals surface area contributed by atoms with E-state index in [-0.39, 0.29) is 11.9 Å². The number of nitrogens with zero attached hydrogens (tertiary/aromatic N) is 7. The van der Waals surface area contributed by atoms with E-state index in [9.17, 15) is 4.79 Å². The summed E-state index contributed by atoms with van der Waals surface area (Å²) in [6.45, 7) is 8.36. The van der Waals surface area contributed by atoms with E-state index in [1.165, 1.54) is 10.4 Å². The van der Waals surface area contributed by atoms with E-state index in [4.69, 9.17) is 4.99 Å². The number of hydrogen-bond acceptors (Lipinski definition) is 7. The molecule has 6 aromatic rings. The van der Waals surface area contributed by atoms with Gasteiger partial charge in [0.25, 0.3) is 5.91 Å².